The van der Waals surface area contributed by atoms with Crippen molar-refractivity contribution in [1.82, 2.24) is 0 Å². The van der Waals surface area contributed by atoms with Gasteiger partial charge in [0.2, 0.25) is 0 Å². The minimum Gasteiger partial charge on any atom is -0.463 e. The number of unbranched alkanes of at least 4 members (excludes halogenated alkanes) is 12. The van der Waals surface area contributed by atoms with Gasteiger partial charge in [-0.05, 0) is 44.4 Å². The van der Waals surface area contributed by atoms with E-state index in [1.165, 1.54) is 57.8 Å². The Balaban J connectivity index is 3.61. The summed E-state index contributed by atoms with van der Waals surface area (Å²) in [7, 11) is 0. The lowest BCUT2D eigenvalue weighted by molar-refractivity contribution is -0.152. The van der Waals surface area contributed by atoms with E-state index in [-0.39, 0.29) is 37.7 Å². The van der Waals surface area contributed by atoms with Crippen LogP contribution in [0.4, 0.5) is 0 Å². The number of aliphatic hydroxyl groups is 2. The molecular formula is C39H68O6. The number of esters is 2. The highest BCUT2D eigenvalue weighted by atomic mass is 16.6. The first-order valence-corrected chi connectivity index (χ1v) is 18.2. The van der Waals surface area contributed by atoms with Gasteiger partial charge >= 0.3 is 11.9 Å². The Bertz CT molecular complexity index is 797. The van der Waals surface area contributed by atoms with Crippen LogP contribution >= 0.6 is 0 Å². The van der Waals surface area contributed by atoms with E-state index in [4.69, 9.17) is 9.47 Å². The van der Waals surface area contributed by atoms with Gasteiger partial charge in [-0.3, -0.25) is 9.59 Å². The zero-order valence-electron chi connectivity index (χ0n) is 29.1. The maximum Gasteiger partial charge on any atom is 0.305 e. The van der Waals surface area contributed by atoms with Crippen LogP contribution in [0.2, 0.25) is 0 Å². The maximum absolute atomic E-state index is 11.9. The summed E-state index contributed by atoms with van der Waals surface area (Å²) in [6.07, 6.45) is 36.4. The normalized spacial score (nSPS) is 13.6. The van der Waals surface area contributed by atoms with Crippen molar-refractivity contribution >= 4 is 11.9 Å². The Morgan fingerprint density at radius 1 is 0.600 bits per heavy atom. The lowest BCUT2D eigenvalue weighted by Gasteiger charge is -2.12. The molecule has 0 aliphatic heterocycles. The fourth-order valence-corrected chi connectivity index (χ4v) is 4.78. The third-order valence-electron chi connectivity index (χ3n) is 7.60. The molecule has 0 radical (unpaired) electrons. The predicted molar refractivity (Wildman–Crippen MR) is 188 cm³/mol. The predicted octanol–water partition coefficient (Wildman–Crippen LogP) is 9.89. The Morgan fingerprint density at radius 3 is 1.71 bits per heavy atom. The maximum atomic E-state index is 11.9. The molecule has 0 amide bonds. The van der Waals surface area contributed by atoms with Gasteiger partial charge in [0.05, 0.1) is 6.10 Å². The molecular weight excluding hydrogens is 564 g/mol. The highest BCUT2D eigenvalue weighted by Gasteiger charge is 2.12. The van der Waals surface area contributed by atoms with Gasteiger partial charge in [-0.2, -0.15) is 0 Å². The molecule has 0 aromatic rings. The van der Waals surface area contributed by atoms with Gasteiger partial charge < -0.3 is 19.7 Å². The average Bonchev–Trinajstić information content (AvgIpc) is 3.01. The van der Waals surface area contributed by atoms with Crippen molar-refractivity contribution < 1.29 is 29.3 Å². The monoisotopic (exact) mass is 633 g/mol. The van der Waals surface area contributed by atoms with Crippen molar-refractivity contribution in [2.75, 3.05) is 13.2 Å². The van der Waals surface area contributed by atoms with E-state index >= 15 is 0 Å². The van der Waals surface area contributed by atoms with Crippen LogP contribution in [0.15, 0.2) is 48.6 Å². The quantitative estimate of drug-likeness (QED) is 0.0342. The van der Waals surface area contributed by atoms with Crippen LogP contribution in [0.3, 0.4) is 0 Å². The van der Waals surface area contributed by atoms with Gasteiger partial charge in [0.1, 0.15) is 19.3 Å². The summed E-state index contributed by atoms with van der Waals surface area (Å²) in [6.45, 7) is 6.44. The fraction of sp³-hybridized carbons (Fsp3) is 0.744. The van der Waals surface area contributed by atoms with Crippen LogP contribution in [0.5, 0.6) is 0 Å². The molecule has 0 aliphatic carbocycles. The number of allylic oxidation sites excluding steroid dienone is 7. The lowest BCUT2D eigenvalue weighted by atomic mass is 10.0. The topological polar surface area (TPSA) is 93.1 Å². The van der Waals surface area contributed by atoms with E-state index in [1.807, 2.05) is 18.2 Å². The molecule has 45 heavy (non-hydrogen) atoms. The number of hydrogen-bond donors (Lipinski definition) is 2. The smallest absolute Gasteiger partial charge is 0.305 e. The highest BCUT2D eigenvalue weighted by molar-refractivity contribution is 5.69. The molecule has 0 spiro atoms. The van der Waals surface area contributed by atoms with Gasteiger partial charge in [-0.25, -0.2) is 0 Å². The summed E-state index contributed by atoms with van der Waals surface area (Å²) in [4.78, 5) is 23.8. The summed E-state index contributed by atoms with van der Waals surface area (Å²) >= 11 is 0. The van der Waals surface area contributed by atoms with Gasteiger partial charge in [0.15, 0.2) is 0 Å². The van der Waals surface area contributed by atoms with Crippen LogP contribution < -0.4 is 0 Å². The van der Waals surface area contributed by atoms with Crippen LogP contribution in [0, 0.1) is 5.92 Å². The second-order valence-electron chi connectivity index (χ2n) is 12.7. The second-order valence-corrected chi connectivity index (χ2v) is 12.7. The first-order valence-electron chi connectivity index (χ1n) is 18.2. The number of rotatable bonds is 31. The first-order chi connectivity index (χ1) is 21.8. The van der Waals surface area contributed by atoms with Crippen molar-refractivity contribution in [3.63, 3.8) is 0 Å². The van der Waals surface area contributed by atoms with E-state index in [2.05, 4.69) is 51.2 Å². The van der Waals surface area contributed by atoms with Crippen molar-refractivity contribution in [2.45, 2.75) is 168 Å². The number of carbonyl (C=O) groups excluding carboxylic acids is 2. The molecule has 0 fully saturated rings. The van der Waals surface area contributed by atoms with Crippen LogP contribution in [0.1, 0.15) is 156 Å². The minimum absolute atomic E-state index is 0.145. The van der Waals surface area contributed by atoms with E-state index in [0.717, 1.165) is 63.7 Å². The van der Waals surface area contributed by atoms with E-state index < -0.39 is 6.10 Å². The number of ether oxygens (including phenoxy) is 2. The Morgan fingerprint density at radius 2 is 1.11 bits per heavy atom. The molecule has 6 nitrogen and oxygen atoms in total. The molecule has 0 heterocycles. The first kappa shape index (κ1) is 42.8. The third-order valence-corrected chi connectivity index (χ3v) is 7.60. The molecule has 260 valence electrons. The summed E-state index contributed by atoms with van der Waals surface area (Å²) in [5.74, 6) is 0.163. The van der Waals surface area contributed by atoms with Crippen LogP contribution in [-0.2, 0) is 19.1 Å². The molecule has 2 atom stereocenters. The Kier molecular flexibility index (Phi) is 31.6. The van der Waals surface area contributed by atoms with Crippen LogP contribution in [0.25, 0.3) is 0 Å². The van der Waals surface area contributed by atoms with E-state index in [0.29, 0.717) is 12.8 Å². The zero-order chi connectivity index (χ0) is 33.2. The van der Waals surface area contributed by atoms with Gasteiger partial charge in [-0.1, -0.05) is 153 Å². The molecule has 0 bridgehead atoms. The van der Waals surface area contributed by atoms with Crippen molar-refractivity contribution in [3.05, 3.63) is 48.6 Å². The van der Waals surface area contributed by atoms with Crippen molar-refractivity contribution in [1.29, 1.82) is 0 Å². The molecule has 6 heteroatoms. The molecule has 0 aromatic carbocycles. The minimum atomic E-state index is -0.997. The van der Waals surface area contributed by atoms with Crippen molar-refractivity contribution in [2.24, 2.45) is 5.92 Å². The largest absolute Gasteiger partial charge is 0.463 e. The van der Waals surface area contributed by atoms with Gasteiger partial charge in [0.25, 0.3) is 0 Å². The molecule has 2 N–H and O–H groups in total. The standard InChI is InChI=1S/C39H68O6/c1-4-5-23-29-36(40)30-25-20-16-12-7-6-8-13-17-21-26-31-38(42)44-33-37(41)34-45-39(43)32-27-22-18-14-10-9-11-15-19-24-28-35(2)3/h6-7,13,16-17,20,25,30,35-37,40-41H,4-5,8-12,14-15,18-19,21-24,26-29,31-34H2,1-3H3/b7-6-,17-13-,20-16-,30-25+/t36-,37-/m1/s1. The molecule has 0 aromatic heterocycles. The van der Waals surface area contributed by atoms with Gasteiger partial charge in [0, 0.05) is 12.8 Å². The van der Waals surface area contributed by atoms with Gasteiger partial charge in [-0.15, -0.1) is 0 Å². The zero-order valence-corrected chi connectivity index (χ0v) is 29.1. The summed E-state index contributed by atoms with van der Waals surface area (Å²) in [5, 5.41) is 19.8. The SMILES string of the molecule is CCCCC[C@@H](O)/C=C/C=C\C/C=C\C/C=C\CCCC(=O)OC[C@@H](O)COC(=O)CCCCCCCCCCCCC(C)C. The molecule has 0 saturated heterocycles. The second kappa shape index (κ2) is 33.2. The molecule has 0 unspecified atom stereocenters. The number of hydrogen-bond acceptors (Lipinski definition) is 6. The van der Waals surface area contributed by atoms with Crippen molar-refractivity contribution in [3.8, 4) is 0 Å². The van der Waals surface area contributed by atoms with E-state index in [9.17, 15) is 19.8 Å². The number of carbonyl (C=O) groups is 2. The molecule has 0 saturated carbocycles. The lowest BCUT2D eigenvalue weighted by Crippen LogP contribution is -2.25. The molecule has 0 aliphatic rings. The Labute approximate surface area is 276 Å². The number of aliphatic hydroxyl groups excluding tert-OH is 2. The summed E-state index contributed by atoms with van der Waals surface area (Å²) in [6, 6.07) is 0. The average molecular weight is 633 g/mol. The van der Waals surface area contributed by atoms with Crippen LogP contribution in [-0.4, -0.2) is 47.6 Å². The third kappa shape index (κ3) is 34.5. The Hall–Kier alpha value is -2.18. The highest BCUT2D eigenvalue weighted by Crippen LogP contribution is 2.14. The summed E-state index contributed by atoms with van der Waals surface area (Å²) < 4.78 is 10.2. The fourth-order valence-electron chi connectivity index (χ4n) is 4.78. The summed E-state index contributed by atoms with van der Waals surface area (Å²) in [5.41, 5.74) is 0. The van der Waals surface area contributed by atoms with E-state index in [1.54, 1.807) is 0 Å². The molecule has 0 rings (SSSR count).